The van der Waals surface area contributed by atoms with Crippen LogP contribution in [-0.4, -0.2) is 81.6 Å². The Balaban J connectivity index is 1.44. The van der Waals surface area contributed by atoms with Crippen LogP contribution < -0.4 is 20.1 Å². The van der Waals surface area contributed by atoms with Gasteiger partial charge in [0.15, 0.2) is 5.69 Å². The predicted octanol–water partition coefficient (Wildman–Crippen LogP) is 4.45. The number of carbonyl (C=O) groups excluding carboxylic acids is 2. The van der Waals surface area contributed by atoms with Crippen LogP contribution in [0.1, 0.15) is 43.4 Å². The van der Waals surface area contributed by atoms with Crippen LogP contribution in [0.15, 0.2) is 36.4 Å². The summed E-state index contributed by atoms with van der Waals surface area (Å²) in [6.45, 7) is 2.11. The van der Waals surface area contributed by atoms with Crippen LogP contribution in [-0.2, 0) is 22.8 Å². The maximum absolute atomic E-state index is 13.5. The summed E-state index contributed by atoms with van der Waals surface area (Å²) >= 11 is 0. The number of carboxylic acids is 1. The molecule has 5 rings (SSSR count). The second-order valence-electron chi connectivity index (χ2n) is 11.9. The number of urea groups is 1. The first kappa shape index (κ1) is 33.5. The average molecular weight is 659 g/mol. The maximum atomic E-state index is 13.5. The van der Waals surface area contributed by atoms with Gasteiger partial charge in [0.25, 0.3) is 0 Å². The number of rotatable bonds is 7. The highest BCUT2D eigenvalue weighted by Gasteiger charge is 2.60. The number of aliphatic carboxylic acids is 1. The van der Waals surface area contributed by atoms with Gasteiger partial charge in [0.05, 0.1) is 30.6 Å². The van der Waals surface area contributed by atoms with E-state index >= 15 is 0 Å². The van der Waals surface area contributed by atoms with Crippen molar-refractivity contribution in [1.29, 1.82) is 0 Å². The van der Waals surface area contributed by atoms with Gasteiger partial charge in [-0.2, -0.15) is 18.3 Å². The third kappa shape index (κ3) is 6.98. The van der Waals surface area contributed by atoms with Gasteiger partial charge in [-0.3, -0.25) is 9.48 Å². The normalized spacial score (nSPS) is 22.9. The van der Waals surface area contributed by atoms with E-state index in [1.54, 1.807) is 26.1 Å². The van der Waals surface area contributed by atoms with Gasteiger partial charge in [-0.15, -0.1) is 0 Å². The highest BCUT2D eigenvalue weighted by atomic mass is 19.4. The molecule has 47 heavy (non-hydrogen) atoms. The van der Waals surface area contributed by atoms with Crippen LogP contribution in [0.5, 0.6) is 11.5 Å². The molecule has 0 bridgehead atoms. The number of amides is 3. The second-order valence-corrected chi connectivity index (χ2v) is 11.9. The number of ether oxygens (including phenoxy) is 2. The molecule has 0 radical (unpaired) electrons. The molecular formula is C32H37F3N6O6. The first-order valence-electron chi connectivity index (χ1n) is 15.2. The number of nitrogens with zero attached hydrogens (tertiary/aromatic N) is 4. The van der Waals surface area contributed by atoms with E-state index in [-0.39, 0.29) is 42.5 Å². The standard InChI is InChI=1S/C32H37F3N6O6/c1-18-24(46-4)11-10-20-25(15-22(36-27(18)20)23-16-26(32(33,34)35)39-41(23)3)47-14-12-21-28(42)38-31(29(43)44)17-19(31)9-7-5-6-8-13-40(2)30(45)37-21/h7,9-11,15-16,19,21H,5-6,8,12-14,17H2,1-4H3,(H,37,45)(H,38,42)(H,43,44)/b9-7-/t19-,21-,31+/m0/s1. The van der Waals surface area contributed by atoms with Gasteiger partial charge in [0, 0.05) is 50.0 Å². The van der Waals surface area contributed by atoms with Crippen LogP contribution in [0.3, 0.4) is 0 Å². The number of hydrogen-bond donors (Lipinski definition) is 3. The Morgan fingerprint density at radius 3 is 2.62 bits per heavy atom. The molecule has 2 aromatic heterocycles. The van der Waals surface area contributed by atoms with Crippen molar-refractivity contribution in [2.75, 3.05) is 27.3 Å². The topological polar surface area (TPSA) is 148 Å². The summed E-state index contributed by atoms with van der Waals surface area (Å²) < 4.78 is 53.0. The predicted molar refractivity (Wildman–Crippen MR) is 165 cm³/mol. The molecule has 3 amide bonds. The Morgan fingerprint density at radius 2 is 1.94 bits per heavy atom. The lowest BCUT2D eigenvalue weighted by Crippen LogP contribution is -2.55. The lowest BCUT2D eigenvalue weighted by atomic mass is 10.1. The second kappa shape index (κ2) is 13.1. The van der Waals surface area contributed by atoms with Crippen LogP contribution in [0.2, 0.25) is 0 Å². The molecule has 1 aromatic carbocycles. The zero-order chi connectivity index (χ0) is 34.1. The number of alkyl halides is 3. The van der Waals surface area contributed by atoms with E-state index in [1.165, 1.54) is 25.1 Å². The summed E-state index contributed by atoms with van der Waals surface area (Å²) in [4.78, 5) is 44.8. The number of aryl methyl sites for hydroxylation is 2. The number of halogens is 3. The van der Waals surface area contributed by atoms with Gasteiger partial charge in [0.2, 0.25) is 5.91 Å². The summed E-state index contributed by atoms with van der Waals surface area (Å²) in [5, 5.41) is 19.5. The molecule has 252 valence electrons. The molecule has 1 aliphatic carbocycles. The average Bonchev–Trinajstić information content (AvgIpc) is 3.57. The molecule has 3 N–H and O–H groups in total. The Kier molecular flexibility index (Phi) is 9.36. The molecule has 1 fully saturated rings. The lowest BCUT2D eigenvalue weighted by Gasteiger charge is -2.25. The highest BCUT2D eigenvalue weighted by Crippen LogP contribution is 2.45. The number of pyridine rings is 1. The summed E-state index contributed by atoms with van der Waals surface area (Å²) in [6, 6.07) is 4.18. The van der Waals surface area contributed by atoms with E-state index in [1.807, 2.05) is 12.2 Å². The molecule has 2 aliphatic rings. The number of carboxylic acid groups (broad SMARTS) is 1. The first-order chi connectivity index (χ1) is 22.2. The monoisotopic (exact) mass is 658 g/mol. The number of allylic oxidation sites excluding steroid dienone is 1. The van der Waals surface area contributed by atoms with Crippen molar-refractivity contribution in [1.82, 2.24) is 30.3 Å². The van der Waals surface area contributed by atoms with Gasteiger partial charge in [-0.05, 0) is 50.8 Å². The van der Waals surface area contributed by atoms with Crippen molar-refractivity contribution in [2.45, 2.75) is 56.8 Å². The summed E-state index contributed by atoms with van der Waals surface area (Å²) in [6.07, 6.45) is 1.55. The molecule has 0 saturated heterocycles. The van der Waals surface area contributed by atoms with Crippen LogP contribution in [0.25, 0.3) is 22.3 Å². The minimum atomic E-state index is -4.66. The fraction of sp³-hybridized carbons (Fsp3) is 0.469. The zero-order valence-corrected chi connectivity index (χ0v) is 26.5. The van der Waals surface area contributed by atoms with Crippen LogP contribution in [0, 0.1) is 12.8 Å². The molecule has 15 heteroatoms. The Bertz CT molecular complexity index is 1720. The number of benzene rings is 1. The van der Waals surface area contributed by atoms with Crippen molar-refractivity contribution in [3.8, 4) is 22.9 Å². The molecule has 3 heterocycles. The Morgan fingerprint density at radius 1 is 1.17 bits per heavy atom. The number of nitrogens with one attached hydrogen (secondary N) is 2. The molecule has 0 unspecified atom stereocenters. The van der Waals surface area contributed by atoms with Crippen molar-refractivity contribution in [2.24, 2.45) is 13.0 Å². The molecule has 0 spiro atoms. The largest absolute Gasteiger partial charge is 0.496 e. The quantitative estimate of drug-likeness (QED) is 0.316. The fourth-order valence-corrected chi connectivity index (χ4v) is 5.75. The van der Waals surface area contributed by atoms with Crippen molar-refractivity contribution >= 4 is 28.8 Å². The molecule has 12 nitrogen and oxygen atoms in total. The van der Waals surface area contributed by atoms with Gasteiger partial charge in [-0.25, -0.2) is 14.6 Å². The van der Waals surface area contributed by atoms with E-state index in [2.05, 4.69) is 20.7 Å². The SMILES string of the molecule is COc1ccc2c(OCC[C@@H]3NC(=O)N(C)CCCC/C=C\[C@H]4C[C@@]4(C(=O)O)NC3=O)cc(-c3cc(C(F)(F)F)nn3C)nc2c1C. The van der Waals surface area contributed by atoms with Gasteiger partial charge >= 0.3 is 18.2 Å². The number of aromatic nitrogens is 3. The van der Waals surface area contributed by atoms with Gasteiger partial charge < -0.3 is 30.1 Å². The number of fused-ring (bicyclic) bond motifs is 2. The summed E-state index contributed by atoms with van der Waals surface area (Å²) in [5.41, 5.74) is -1.22. The summed E-state index contributed by atoms with van der Waals surface area (Å²) in [5.74, 6) is -1.41. The molecule has 3 aromatic rings. The minimum Gasteiger partial charge on any atom is -0.496 e. The maximum Gasteiger partial charge on any atom is 0.435 e. The molecule has 3 atom stereocenters. The van der Waals surface area contributed by atoms with Crippen LogP contribution in [0.4, 0.5) is 18.0 Å². The van der Waals surface area contributed by atoms with Crippen molar-refractivity contribution < 1.29 is 42.1 Å². The van der Waals surface area contributed by atoms with E-state index in [0.29, 0.717) is 28.8 Å². The highest BCUT2D eigenvalue weighted by molar-refractivity contribution is 5.94. The molecular weight excluding hydrogens is 621 g/mol. The van der Waals surface area contributed by atoms with E-state index in [9.17, 15) is 32.7 Å². The third-order valence-corrected chi connectivity index (χ3v) is 8.65. The smallest absolute Gasteiger partial charge is 0.435 e. The van der Waals surface area contributed by atoms with E-state index in [4.69, 9.17) is 9.47 Å². The molecule has 1 saturated carbocycles. The van der Waals surface area contributed by atoms with Crippen LogP contribution >= 0.6 is 0 Å². The Labute approximate surface area is 268 Å². The minimum absolute atomic E-state index is 0.0418. The third-order valence-electron chi connectivity index (χ3n) is 8.65. The van der Waals surface area contributed by atoms with Gasteiger partial charge in [-0.1, -0.05) is 12.2 Å². The first-order valence-corrected chi connectivity index (χ1v) is 15.2. The van der Waals surface area contributed by atoms with E-state index in [0.717, 1.165) is 30.0 Å². The molecule has 1 aliphatic heterocycles. The number of hydrogen-bond acceptors (Lipinski definition) is 7. The Hall–Kier alpha value is -4.82. The van der Waals surface area contributed by atoms with Crippen molar-refractivity contribution in [3.05, 3.63) is 47.7 Å². The lowest BCUT2D eigenvalue weighted by molar-refractivity contribution is -0.143. The van der Waals surface area contributed by atoms with Gasteiger partial charge in [0.1, 0.15) is 23.1 Å². The number of methoxy groups -OCH3 is 1. The fourth-order valence-electron chi connectivity index (χ4n) is 5.75. The van der Waals surface area contributed by atoms with E-state index < -0.39 is 41.4 Å². The zero-order valence-electron chi connectivity index (χ0n) is 26.5. The summed E-state index contributed by atoms with van der Waals surface area (Å²) in [7, 11) is 4.48. The van der Waals surface area contributed by atoms with Crippen molar-refractivity contribution in [3.63, 3.8) is 0 Å². The number of carbonyl (C=O) groups is 3.